The first kappa shape index (κ1) is 16.3. The first-order valence-corrected chi connectivity index (χ1v) is 7.36. The maximum Gasteiger partial charge on any atom is 0.250 e. The SMILES string of the molecule is CC(/C=C\c1cc(F)[nH]n1)=C\c1c(N)c(C(N)=O)cc2nccnc12. The van der Waals surface area contributed by atoms with Crippen LogP contribution in [0.3, 0.4) is 0 Å². The molecule has 0 unspecified atom stereocenters. The Hall–Kier alpha value is -3.55. The fourth-order valence-corrected chi connectivity index (χ4v) is 2.39. The molecular weight excluding hydrogens is 323 g/mol. The van der Waals surface area contributed by atoms with Gasteiger partial charge in [-0.2, -0.15) is 9.49 Å². The Morgan fingerprint density at radius 2 is 2.04 bits per heavy atom. The van der Waals surface area contributed by atoms with Crippen molar-refractivity contribution in [2.24, 2.45) is 5.73 Å². The average molecular weight is 338 g/mol. The predicted octanol–water partition coefficient (Wildman–Crippen LogP) is 2.29. The molecule has 0 atom stereocenters. The van der Waals surface area contributed by atoms with Crippen molar-refractivity contribution in [3.63, 3.8) is 0 Å². The molecule has 3 aromatic rings. The van der Waals surface area contributed by atoms with Crippen LogP contribution in [0.5, 0.6) is 0 Å². The van der Waals surface area contributed by atoms with Crippen LogP contribution in [0.25, 0.3) is 23.2 Å². The Balaban J connectivity index is 2.08. The molecule has 8 heteroatoms. The van der Waals surface area contributed by atoms with E-state index >= 15 is 0 Å². The van der Waals surface area contributed by atoms with Gasteiger partial charge in [-0.15, -0.1) is 0 Å². The summed E-state index contributed by atoms with van der Waals surface area (Å²) in [5, 5.41) is 6.00. The third-order valence-electron chi connectivity index (χ3n) is 3.56. The summed E-state index contributed by atoms with van der Waals surface area (Å²) >= 11 is 0. The molecule has 2 heterocycles. The number of carbonyl (C=O) groups is 1. The highest BCUT2D eigenvalue weighted by Gasteiger charge is 2.14. The molecule has 0 saturated heterocycles. The maximum atomic E-state index is 12.9. The Kier molecular flexibility index (Phi) is 4.25. The van der Waals surface area contributed by atoms with E-state index in [-0.39, 0.29) is 11.3 Å². The standard InChI is InChI=1S/C17H15FN6O/c1-9(2-3-10-7-14(18)24-23-10)6-11-15(19)12(17(20)25)8-13-16(11)22-5-4-21-13/h2-8H,19H2,1H3,(H2,20,25)(H,23,24)/b3-2-,9-6+. The van der Waals surface area contributed by atoms with E-state index in [0.717, 1.165) is 5.57 Å². The highest BCUT2D eigenvalue weighted by Crippen LogP contribution is 2.28. The summed E-state index contributed by atoms with van der Waals surface area (Å²) in [7, 11) is 0. The van der Waals surface area contributed by atoms with Crippen molar-refractivity contribution in [2.75, 3.05) is 5.73 Å². The number of carbonyl (C=O) groups excluding carboxylic acids is 1. The van der Waals surface area contributed by atoms with Crippen LogP contribution in [-0.2, 0) is 0 Å². The van der Waals surface area contributed by atoms with Gasteiger partial charge >= 0.3 is 0 Å². The zero-order valence-corrected chi connectivity index (χ0v) is 13.3. The van der Waals surface area contributed by atoms with Crippen LogP contribution in [0.1, 0.15) is 28.5 Å². The van der Waals surface area contributed by atoms with Crippen LogP contribution in [0.2, 0.25) is 0 Å². The molecule has 0 radical (unpaired) electrons. The van der Waals surface area contributed by atoms with Gasteiger partial charge in [0.05, 0.1) is 28.0 Å². The molecule has 0 bridgehead atoms. The predicted molar refractivity (Wildman–Crippen MR) is 93.7 cm³/mol. The van der Waals surface area contributed by atoms with Crippen molar-refractivity contribution in [3.05, 3.63) is 58.9 Å². The number of benzene rings is 1. The summed E-state index contributed by atoms with van der Waals surface area (Å²) in [6, 6.07) is 2.79. The second kappa shape index (κ2) is 6.52. The summed E-state index contributed by atoms with van der Waals surface area (Å²) in [5.74, 6) is -1.15. The van der Waals surface area contributed by atoms with Gasteiger partial charge in [0.1, 0.15) is 0 Å². The van der Waals surface area contributed by atoms with Crippen LogP contribution in [0.4, 0.5) is 10.1 Å². The number of rotatable bonds is 4. The van der Waals surface area contributed by atoms with Crippen LogP contribution in [-0.4, -0.2) is 26.1 Å². The quantitative estimate of drug-likeness (QED) is 0.497. The lowest BCUT2D eigenvalue weighted by atomic mass is 10.0. The number of fused-ring (bicyclic) bond motifs is 1. The minimum Gasteiger partial charge on any atom is -0.398 e. The summed E-state index contributed by atoms with van der Waals surface area (Å²) in [6.45, 7) is 1.83. The van der Waals surface area contributed by atoms with Crippen LogP contribution in [0, 0.1) is 5.95 Å². The van der Waals surface area contributed by atoms with E-state index in [1.165, 1.54) is 18.3 Å². The van der Waals surface area contributed by atoms with Crippen molar-refractivity contribution < 1.29 is 9.18 Å². The second-order valence-electron chi connectivity index (χ2n) is 5.40. The van der Waals surface area contributed by atoms with E-state index in [9.17, 15) is 9.18 Å². The van der Waals surface area contributed by atoms with Crippen molar-refractivity contribution in [1.29, 1.82) is 0 Å². The molecule has 0 aliphatic heterocycles. The summed E-state index contributed by atoms with van der Waals surface area (Å²) in [6.07, 6.45) is 8.22. The van der Waals surface area contributed by atoms with Gasteiger partial charge in [0, 0.05) is 24.0 Å². The lowest BCUT2D eigenvalue weighted by molar-refractivity contribution is 0.100. The number of hydrogen-bond acceptors (Lipinski definition) is 5. The van der Waals surface area contributed by atoms with E-state index in [1.807, 2.05) is 6.92 Å². The number of anilines is 1. The molecule has 1 aromatic carbocycles. The van der Waals surface area contributed by atoms with E-state index in [1.54, 1.807) is 24.4 Å². The van der Waals surface area contributed by atoms with Crippen molar-refractivity contribution in [1.82, 2.24) is 20.2 Å². The first-order valence-electron chi connectivity index (χ1n) is 7.36. The van der Waals surface area contributed by atoms with Gasteiger partial charge in [-0.05, 0) is 25.1 Å². The Morgan fingerprint density at radius 3 is 2.72 bits per heavy atom. The number of primary amides is 1. The van der Waals surface area contributed by atoms with Gasteiger partial charge in [0.2, 0.25) is 5.95 Å². The minimum atomic E-state index is -0.639. The second-order valence-corrected chi connectivity index (χ2v) is 5.40. The van der Waals surface area contributed by atoms with Gasteiger partial charge < -0.3 is 11.5 Å². The van der Waals surface area contributed by atoms with E-state index < -0.39 is 11.9 Å². The van der Waals surface area contributed by atoms with E-state index in [0.29, 0.717) is 22.3 Å². The molecule has 7 nitrogen and oxygen atoms in total. The van der Waals surface area contributed by atoms with E-state index in [2.05, 4.69) is 20.2 Å². The van der Waals surface area contributed by atoms with Gasteiger partial charge in [-0.1, -0.05) is 11.6 Å². The molecule has 0 aliphatic rings. The highest BCUT2D eigenvalue weighted by molar-refractivity contribution is 6.05. The molecule has 126 valence electrons. The number of nitrogens with two attached hydrogens (primary N) is 2. The Labute approximate surface area is 142 Å². The number of allylic oxidation sites excluding steroid dienone is 2. The van der Waals surface area contributed by atoms with Crippen LogP contribution in [0.15, 0.2) is 36.2 Å². The number of aromatic amines is 1. The monoisotopic (exact) mass is 338 g/mol. The van der Waals surface area contributed by atoms with Crippen molar-refractivity contribution >= 4 is 34.8 Å². The summed E-state index contributed by atoms with van der Waals surface area (Å²) < 4.78 is 12.9. The molecular formula is C17H15FN6O. The van der Waals surface area contributed by atoms with E-state index in [4.69, 9.17) is 11.5 Å². The number of nitrogens with one attached hydrogen (secondary N) is 1. The van der Waals surface area contributed by atoms with Gasteiger partial charge in [-0.25, -0.2) is 0 Å². The number of halogens is 1. The van der Waals surface area contributed by atoms with Crippen LogP contribution < -0.4 is 11.5 Å². The Bertz CT molecular complexity index is 1020. The molecule has 0 aliphatic carbocycles. The van der Waals surface area contributed by atoms with Gasteiger partial charge in [0.25, 0.3) is 5.91 Å². The minimum absolute atomic E-state index is 0.186. The number of nitrogen functional groups attached to an aromatic ring is 1. The number of amides is 1. The van der Waals surface area contributed by atoms with Crippen molar-refractivity contribution in [2.45, 2.75) is 6.92 Å². The smallest absolute Gasteiger partial charge is 0.250 e. The van der Waals surface area contributed by atoms with Gasteiger partial charge in [0.15, 0.2) is 0 Å². The average Bonchev–Trinajstić information content (AvgIpc) is 3.00. The molecule has 0 fully saturated rings. The normalized spacial score (nSPS) is 12.2. The lowest BCUT2D eigenvalue weighted by Crippen LogP contribution is -2.14. The number of hydrogen-bond donors (Lipinski definition) is 3. The number of H-pyrrole nitrogens is 1. The maximum absolute atomic E-state index is 12.9. The zero-order valence-electron chi connectivity index (χ0n) is 13.3. The third kappa shape index (κ3) is 3.37. The summed E-state index contributed by atoms with van der Waals surface area (Å²) in [4.78, 5) is 20.1. The molecule has 3 rings (SSSR count). The molecule has 2 aromatic heterocycles. The molecule has 0 spiro atoms. The largest absolute Gasteiger partial charge is 0.398 e. The zero-order chi connectivity index (χ0) is 18.0. The molecule has 25 heavy (non-hydrogen) atoms. The topological polar surface area (TPSA) is 124 Å². The fraction of sp³-hybridized carbons (Fsp3) is 0.0588. The Morgan fingerprint density at radius 1 is 1.28 bits per heavy atom. The third-order valence-corrected chi connectivity index (χ3v) is 3.56. The van der Waals surface area contributed by atoms with Gasteiger partial charge in [-0.3, -0.25) is 19.9 Å². The number of nitrogens with zero attached hydrogens (tertiary/aromatic N) is 3. The fourth-order valence-electron chi connectivity index (χ4n) is 2.39. The molecule has 0 saturated carbocycles. The first-order chi connectivity index (χ1) is 12.0. The summed E-state index contributed by atoms with van der Waals surface area (Å²) in [5.41, 5.74) is 14.8. The van der Waals surface area contributed by atoms with Crippen molar-refractivity contribution in [3.8, 4) is 0 Å². The lowest BCUT2D eigenvalue weighted by Gasteiger charge is -2.09. The highest BCUT2D eigenvalue weighted by atomic mass is 19.1. The molecule has 1 amide bonds. The molecule has 5 N–H and O–H groups in total. The number of aromatic nitrogens is 4. The van der Waals surface area contributed by atoms with Crippen LogP contribution >= 0.6 is 0 Å².